The molecule has 33 heavy (non-hydrogen) atoms. The van der Waals surface area contributed by atoms with Crippen LogP contribution in [0.25, 0.3) is 22.4 Å². The first-order chi connectivity index (χ1) is 15.9. The number of aromatic nitrogens is 1. The summed E-state index contributed by atoms with van der Waals surface area (Å²) in [6.45, 7) is 0. The van der Waals surface area contributed by atoms with E-state index in [2.05, 4.69) is 114 Å². The molecule has 0 spiro atoms. The van der Waals surface area contributed by atoms with Crippen molar-refractivity contribution in [1.29, 1.82) is 0 Å². The van der Waals surface area contributed by atoms with Gasteiger partial charge in [0.25, 0.3) is 0 Å². The molecule has 1 nitrogen and oxygen atoms in total. The van der Waals surface area contributed by atoms with Crippen molar-refractivity contribution in [2.24, 2.45) is 0 Å². The molecule has 0 unspecified atom stereocenters. The van der Waals surface area contributed by atoms with Crippen LogP contribution in [0, 0.1) is 12.1 Å². The molecule has 0 saturated carbocycles. The molecule has 1 heterocycles. The first-order valence-electron chi connectivity index (χ1n) is 10.8. The number of benzene rings is 4. The molecule has 5 rings (SSSR count). The first-order valence-corrected chi connectivity index (χ1v) is 12.5. The van der Waals surface area contributed by atoms with Crippen molar-refractivity contribution in [3.8, 4) is 22.4 Å². The summed E-state index contributed by atoms with van der Waals surface area (Å²) in [5.74, 6) is 0. The molecule has 0 amide bonds. The average Bonchev–Trinajstić information content (AvgIpc) is 2.89. The van der Waals surface area contributed by atoms with E-state index in [-0.39, 0.29) is 21.1 Å². The summed E-state index contributed by atoms with van der Waals surface area (Å²) >= 11 is 0. The fourth-order valence-electron chi connectivity index (χ4n) is 3.91. The maximum absolute atomic E-state index is 4.47. The van der Waals surface area contributed by atoms with E-state index in [1.807, 2.05) is 24.4 Å². The van der Waals surface area contributed by atoms with Crippen molar-refractivity contribution >= 4 is 18.5 Å². The van der Waals surface area contributed by atoms with Crippen LogP contribution in [0.4, 0.5) is 0 Å². The van der Waals surface area contributed by atoms with Gasteiger partial charge in [-0.05, 0) is 30.3 Å². The van der Waals surface area contributed by atoms with Gasteiger partial charge in [0, 0.05) is 11.9 Å². The molecule has 0 fully saturated rings. The predicted molar refractivity (Wildman–Crippen MR) is 137 cm³/mol. The molecule has 3 heteroatoms. The monoisotopic (exact) mass is 623 g/mol. The summed E-state index contributed by atoms with van der Waals surface area (Å²) in [7, 11) is -0.952. The van der Waals surface area contributed by atoms with Gasteiger partial charge in [-0.2, -0.15) is 35.9 Å². The number of rotatable bonds is 6. The van der Waals surface area contributed by atoms with Gasteiger partial charge in [-0.1, -0.05) is 48.5 Å². The largest absolute Gasteiger partial charge is 2.00 e. The topological polar surface area (TPSA) is 12.9 Å². The third kappa shape index (κ3) is 5.75. The fourth-order valence-corrected chi connectivity index (χ4v) is 6.43. The van der Waals surface area contributed by atoms with Gasteiger partial charge in [-0.25, -0.2) is 5.56 Å². The molecule has 1 aromatic heterocycles. The van der Waals surface area contributed by atoms with E-state index in [9.17, 15) is 0 Å². The molecule has 5 aromatic rings. The summed E-state index contributed by atoms with van der Waals surface area (Å²) < 4.78 is 0. The van der Waals surface area contributed by atoms with Crippen molar-refractivity contribution in [3.63, 3.8) is 0 Å². The van der Waals surface area contributed by atoms with Gasteiger partial charge in [0.1, 0.15) is 0 Å². The number of nitrogens with zero attached hydrogens (tertiary/aromatic N) is 1. The van der Waals surface area contributed by atoms with E-state index in [4.69, 9.17) is 0 Å². The fraction of sp³-hybridized carbons (Fsp3) is 0.0333. The molecule has 0 radical (unpaired) electrons. The Balaban J connectivity index is 0.00000259. The zero-order chi connectivity index (χ0) is 21.6. The zero-order valence-corrected chi connectivity index (χ0v) is 21.3. The molecular weight excluding hydrogens is 600 g/mol. The Labute approximate surface area is 211 Å². The molecule has 0 aliphatic rings. The minimum Gasteiger partial charge on any atom is -0.295 e. The zero-order valence-electron chi connectivity index (χ0n) is 18.0. The first kappa shape index (κ1) is 23.3. The Hall–Kier alpha value is -2.85. The van der Waals surface area contributed by atoms with Gasteiger partial charge in [-0.15, -0.1) is 29.3 Å². The SMILES string of the molecule is [Pt+2].[c-]1c(C[PH+](c2ccccc2)c2ccccc2)cccc1-c1[c-]c(-c2ccccn2)ccc1. The molecule has 4 aromatic carbocycles. The van der Waals surface area contributed by atoms with Crippen LogP contribution in [0.1, 0.15) is 5.56 Å². The molecular formula is C30H23NPPt+. The van der Waals surface area contributed by atoms with E-state index in [0.29, 0.717) is 0 Å². The Morgan fingerprint density at radius 3 is 1.76 bits per heavy atom. The van der Waals surface area contributed by atoms with Crippen molar-refractivity contribution in [2.75, 3.05) is 0 Å². The van der Waals surface area contributed by atoms with Crippen LogP contribution < -0.4 is 10.6 Å². The van der Waals surface area contributed by atoms with Crippen LogP contribution in [-0.2, 0) is 27.2 Å². The third-order valence-electron chi connectivity index (χ3n) is 5.49. The van der Waals surface area contributed by atoms with Crippen LogP contribution in [0.5, 0.6) is 0 Å². The second-order valence-electron chi connectivity index (χ2n) is 7.67. The van der Waals surface area contributed by atoms with Crippen LogP contribution >= 0.6 is 7.92 Å². The summed E-state index contributed by atoms with van der Waals surface area (Å²) in [5.41, 5.74) is 5.29. The van der Waals surface area contributed by atoms with Crippen molar-refractivity contribution in [3.05, 3.63) is 139 Å². The number of hydrogen-bond donors (Lipinski definition) is 0. The van der Waals surface area contributed by atoms with Gasteiger partial charge >= 0.3 is 21.1 Å². The van der Waals surface area contributed by atoms with Gasteiger partial charge < -0.3 is 0 Å². The van der Waals surface area contributed by atoms with Gasteiger partial charge in [0.15, 0.2) is 0 Å². The van der Waals surface area contributed by atoms with Gasteiger partial charge in [-0.3, -0.25) is 4.98 Å². The van der Waals surface area contributed by atoms with Crippen molar-refractivity contribution in [2.45, 2.75) is 6.16 Å². The molecule has 0 N–H and O–H groups in total. The molecule has 0 aliphatic carbocycles. The average molecular weight is 624 g/mol. The van der Waals surface area contributed by atoms with E-state index in [0.717, 1.165) is 28.5 Å². The van der Waals surface area contributed by atoms with E-state index in [1.165, 1.54) is 16.2 Å². The van der Waals surface area contributed by atoms with E-state index >= 15 is 0 Å². The summed E-state index contributed by atoms with van der Waals surface area (Å²) in [6, 6.07) is 47.6. The predicted octanol–water partition coefficient (Wildman–Crippen LogP) is 6.38. The van der Waals surface area contributed by atoms with Crippen molar-refractivity contribution in [1.82, 2.24) is 4.98 Å². The smallest absolute Gasteiger partial charge is 0.295 e. The van der Waals surface area contributed by atoms with Crippen LogP contribution in [0.2, 0.25) is 0 Å². The quantitative estimate of drug-likeness (QED) is 0.158. The third-order valence-corrected chi connectivity index (χ3v) is 8.29. The number of hydrogen-bond acceptors (Lipinski definition) is 1. The van der Waals surface area contributed by atoms with Crippen molar-refractivity contribution < 1.29 is 21.1 Å². The minimum atomic E-state index is -0.952. The Bertz CT molecular complexity index is 1250. The van der Waals surface area contributed by atoms with Crippen LogP contribution in [0.15, 0.2) is 121 Å². The molecule has 0 aliphatic heterocycles. The Morgan fingerprint density at radius 1 is 0.545 bits per heavy atom. The maximum atomic E-state index is 4.47. The summed E-state index contributed by atoms with van der Waals surface area (Å²) in [4.78, 5) is 4.47. The normalized spacial score (nSPS) is 10.6. The maximum Gasteiger partial charge on any atom is 2.00 e. The molecule has 0 atom stereocenters. The van der Waals surface area contributed by atoms with E-state index < -0.39 is 7.92 Å². The standard InChI is InChI=1S/C30H22NP.Pt/c1-3-15-28(16-4-1)32(29-17-5-2-6-18-29)23-24-11-9-12-25(21-24)26-13-10-14-27(22-26)30-19-7-8-20-31-30;/h1-20H,23H2;/q-2;+2/p+1. The van der Waals surface area contributed by atoms with Gasteiger partial charge in [0.2, 0.25) is 0 Å². The van der Waals surface area contributed by atoms with E-state index in [1.54, 1.807) is 0 Å². The number of pyridine rings is 1. The minimum absolute atomic E-state index is 0. The van der Waals surface area contributed by atoms with Gasteiger partial charge in [0.05, 0.1) is 24.7 Å². The van der Waals surface area contributed by atoms with Crippen LogP contribution in [0.3, 0.4) is 0 Å². The summed E-state index contributed by atoms with van der Waals surface area (Å²) in [6.07, 6.45) is 2.81. The molecule has 162 valence electrons. The Morgan fingerprint density at radius 2 is 1.12 bits per heavy atom. The second kappa shape index (κ2) is 11.3. The Kier molecular flexibility index (Phi) is 8.00. The summed E-state index contributed by atoms with van der Waals surface area (Å²) in [5, 5.41) is 2.84. The molecule has 0 saturated heterocycles. The molecule has 0 bridgehead atoms. The van der Waals surface area contributed by atoms with Crippen LogP contribution in [-0.4, -0.2) is 4.98 Å². The second-order valence-corrected chi connectivity index (χ2v) is 10.1.